The number of aromatic nitrogens is 1. The molecule has 30 nitrogen and oxygen atoms in total. The fourth-order valence-corrected chi connectivity index (χ4v) is 19.5. The van der Waals surface area contributed by atoms with Crippen molar-refractivity contribution in [1.29, 1.82) is 0 Å². The van der Waals surface area contributed by atoms with Crippen molar-refractivity contribution in [1.82, 2.24) is 44.2 Å². The molecule has 0 aliphatic carbocycles. The van der Waals surface area contributed by atoms with Crippen molar-refractivity contribution in [2.75, 3.05) is 188 Å². The molecule has 8 aliphatic heterocycles. The number of imide groups is 4. The number of para-hydroxylation sites is 1. The SMILES string of the molecule is C/C=C(\C)CN1CCN(c2cccc3c2C(=O)N(Cc2ccc(OC)c(OC)c2)C3=O)CC1.COc1ccc(CN2C(=O)c3cccc(N4CCN(Cc5ccccc5O)CC4)c3C2=O)cc1OC.COc1ccc(CN2C(=O)c3cccc(N4CCN(Cc5ccccn5)CC4)c3C2=O)cc1OC.COc1ccc(CN2C(=O)c3cccc(N4CCN(Cc5ccsc5)CC4)c3C2=O)cc1OC. The minimum absolute atomic E-state index is 0.153. The van der Waals surface area contributed by atoms with Gasteiger partial charge in [-0.3, -0.25) is 82.5 Å². The molecule has 19 rings (SSSR count). The Balaban J connectivity index is 0.000000133. The Morgan fingerprint density at radius 2 is 0.630 bits per heavy atom. The number of phenols is 1. The van der Waals surface area contributed by atoms with E-state index < -0.39 is 0 Å². The summed E-state index contributed by atoms with van der Waals surface area (Å²) in [6.45, 7) is 21.5. The number of phenolic OH excluding ortho intramolecular Hbond substituents is 1. The second-order valence-corrected chi connectivity index (χ2v) is 35.4. The number of fused-ring (bicyclic) bond motifs is 4. The maximum Gasteiger partial charge on any atom is 0.263 e. The van der Waals surface area contributed by atoms with Crippen LogP contribution in [-0.2, 0) is 45.8 Å². The highest BCUT2D eigenvalue weighted by Gasteiger charge is 2.44. The van der Waals surface area contributed by atoms with Crippen molar-refractivity contribution in [3.8, 4) is 51.7 Å². The van der Waals surface area contributed by atoms with Crippen LogP contribution >= 0.6 is 11.3 Å². The normalized spacial score (nSPS) is 16.2. The molecule has 11 aromatic rings. The lowest BCUT2D eigenvalue weighted by Crippen LogP contribution is -2.47. The maximum atomic E-state index is 13.5. The van der Waals surface area contributed by atoms with Crippen LogP contribution in [0.1, 0.15) is 136 Å². The molecule has 0 saturated carbocycles. The highest BCUT2D eigenvalue weighted by atomic mass is 32.1. The number of carbonyl (C=O) groups is 8. The molecule has 716 valence electrons. The number of allylic oxidation sites excluding steroid dienone is 1. The quantitative estimate of drug-likeness (QED) is 0.0352. The number of hydrogen-bond acceptors (Lipinski definition) is 27. The summed E-state index contributed by atoms with van der Waals surface area (Å²) < 4.78 is 42.6. The number of pyridine rings is 1. The molecule has 0 spiro atoms. The van der Waals surface area contributed by atoms with Crippen molar-refractivity contribution in [2.24, 2.45) is 0 Å². The van der Waals surface area contributed by atoms with E-state index in [0.29, 0.717) is 103 Å². The molecule has 4 fully saturated rings. The van der Waals surface area contributed by atoms with Crippen LogP contribution in [0.5, 0.6) is 51.7 Å². The zero-order valence-electron chi connectivity index (χ0n) is 79.5. The smallest absolute Gasteiger partial charge is 0.263 e. The topological polar surface area (TPSA) is 282 Å². The fourth-order valence-electron chi connectivity index (χ4n) is 18.8. The number of nitrogens with zero attached hydrogens (tertiary/aromatic N) is 13. The van der Waals surface area contributed by atoms with E-state index in [-0.39, 0.29) is 73.4 Å². The van der Waals surface area contributed by atoms with Crippen LogP contribution in [-0.4, -0.2) is 265 Å². The van der Waals surface area contributed by atoms with Crippen LogP contribution in [0.3, 0.4) is 0 Å². The minimum atomic E-state index is -0.287. The molecule has 0 bridgehead atoms. The van der Waals surface area contributed by atoms with Gasteiger partial charge in [-0.15, -0.1) is 0 Å². The van der Waals surface area contributed by atoms with E-state index in [2.05, 4.69) is 80.9 Å². The van der Waals surface area contributed by atoms with E-state index in [1.54, 1.807) is 147 Å². The second-order valence-electron chi connectivity index (χ2n) is 34.6. The molecule has 138 heavy (non-hydrogen) atoms. The molecule has 4 saturated heterocycles. The molecular weight excluding hydrogens is 1770 g/mol. The number of thiophene rings is 1. The van der Waals surface area contributed by atoms with Crippen molar-refractivity contribution in [3.05, 3.63) is 306 Å². The summed E-state index contributed by atoms with van der Waals surface area (Å²) in [6.07, 6.45) is 3.96. The van der Waals surface area contributed by atoms with Gasteiger partial charge in [-0.1, -0.05) is 84.4 Å². The Morgan fingerprint density at radius 3 is 0.928 bits per heavy atom. The molecule has 0 unspecified atom stereocenters. The largest absolute Gasteiger partial charge is 0.508 e. The summed E-state index contributed by atoms with van der Waals surface area (Å²) in [6, 6.07) is 59.4. The fraction of sp³-hybridized carbons (Fsp3) is 0.318. The third-order valence-electron chi connectivity index (χ3n) is 26.4. The van der Waals surface area contributed by atoms with Gasteiger partial charge in [0.25, 0.3) is 47.3 Å². The Kier molecular flexibility index (Phi) is 30.8. The molecule has 0 atom stereocenters. The van der Waals surface area contributed by atoms with Gasteiger partial charge in [-0.05, 0) is 174 Å². The van der Waals surface area contributed by atoms with E-state index >= 15 is 0 Å². The van der Waals surface area contributed by atoms with Crippen molar-refractivity contribution >= 4 is 81.3 Å². The average molecular weight is 1890 g/mol. The van der Waals surface area contributed by atoms with E-state index in [1.165, 1.54) is 30.7 Å². The Labute approximate surface area is 807 Å². The summed E-state index contributed by atoms with van der Waals surface area (Å²) in [5.74, 6) is 2.86. The first kappa shape index (κ1) is 96.5. The lowest BCUT2D eigenvalue weighted by atomic mass is 10.1. The van der Waals surface area contributed by atoms with Gasteiger partial charge >= 0.3 is 0 Å². The van der Waals surface area contributed by atoms with Gasteiger partial charge in [0.05, 0.1) is 156 Å². The Morgan fingerprint density at radius 1 is 0.319 bits per heavy atom. The van der Waals surface area contributed by atoms with Gasteiger partial charge in [0.1, 0.15) is 5.75 Å². The van der Waals surface area contributed by atoms with Crippen LogP contribution in [0.4, 0.5) is 22.7 Å². The number of piperazine rings is 4. The standard InChI is InChI=1S/C28H29N3O5.C27H28N4O4.C26H27N3O4S.C26H31N3O4/c1-35-24-11-10-19(16-25(24)36-2)17-31-27(33)21-7-5-8-22(26(21)28(31)34)30-14-12-29(13-15-30)18-20-6-3-4-9-23(20)32;1-34-23-10-9-19(16-24(23)35-2)17-31-26(32)21-7-5-8-22(25(21)27(31)33)30-14-12-29(13-15-30)18-20-6-3-4-11-28-20;1-32-22-7-6-18(14-23(22)33-2)16-29-25(30)20-4-3-5-21(24(20)26(29)31)28-11-9-27(10-12-28)15-19-8-13-34-17-19;1-5-18(2)16-27-11-13-28(14-12-27)21-8-6-7-20-24(21)26(31)29(25(20)30)17-19-9-10-22(32-3)23(15-19)33-4/h3-11,16,32H,12-15,17-18H2,1-2H3;3-11,16H,12-15,17-18H2,1-2H3;3-8,13-14,17H,9-12,15-16H2,1-2H3;5-10,15H,11-14,16-17H2,1-4H3/b;;;18-5+. The monoisotopic (exact) mass is 1890 g/mol. The van der Waals surface area contributed by atoms with Gasteiger partial charge in [0.2, 0.25) is 0 Å². The first-order chi connectivity index (χ1) is 67.1. The van der Waals surface area contributed by atoms with E-state index in [0.717, 1.165) is 181 Å². The third-order valence-corrected chi connectivity index (χ3v) is 27.1. The second kappa shape index (κ2) is 44.0. The highest BCUT2D eigenvalue weighted by molar-refractivity contribution is 7.08. The maximum absolute atomic E-state index is 13.5. The number of aromatic hydroxyl groups is 1. The number of methoxy groups -OCH3 is 8. The van der Waals surface area contributed by atoms with Gasteiger partial charge in [0, 0.05) is 143 Å². The van der Waals surface area contributed by atoms with Crippen LogP contribution in [0.25, 0.3) is 0 Å². The zero-order valence-corrected chi connectivity index (χ0v) is 80.3. The molecule has 1 N–H and O–H groups in total. The molecular formula is C107H115N13O17S. The van der Waals surface area contributed by atoms with Crippen molar-refractivity contribution < 1.29 is 81.4 Å². The van der Waals surface area contributed by atoms with Crippen LogP contribution in [0, 0.1) is 0 Å². The van der Waals surface area contributed by atoms with E-state index in [9.17, 15) is 43.5 Å². The van der Waals surface area contributed by atoms with Gasteiger partial charge < -0.3 is 62.6 Å². The van der Waals surface area contributed by atoms with Gasteiger partial charge in [0.15, 0.2) is 46.0 Å². The number of carbonyl (C=O) groups excluding carboxylic acids is 8. The van der Waals surface area contributed by atoms with Crippen molar-refractivity contribution in [2.45, 2.75) is 59.7 Å². The van der Waals surface area contributed by atoms with Crippen molar-refractivity contribution in [3.63, 3.8) is 0 Å². The molecule has 0 radical (unpaired) electrons. The van der Waals surface area contributed by atoms with Crippen LogP contribution in [0.2, 0.25) is 0 Å². The predicted octanol–water partition coefficient (Wildman–Crippen LogP) is 14.2. The van der Waals surface area contributed by atoms with Gasteiger partial charge in [-0.25, -0.2) is 0 Å². The summed E-state index contributed by atoms with van der Waals surface area (Å²) in [5, 5.41) is 14.4. The number of ether oxygens (including phenoxy) is 8. The molecule has 2 aromatic heterocycles. The number of hydrogen-bond donors (Lipinski definition) is 1. The minimum Gasteiger partial charge on any atom is -0.508 e. The summed E-state index contributed by atoms with van der Waals surface area (Å²) in [4.78, 5) is 135. The number of rotatable bonds is 28. The summed E-state index contributed by atoms with van der Waals surface area (Å²) in [7, 11) is 12.5. The van der Waals surface area contributed by atoms with Gasteiger partial charge in [-0.2, -0.15) is 11.3 Å². The lowest BCUT2D eigenvalue weighted by molar-refractivity contribution is 0.0627. The zero-order chi connectivity index (χ0) is 96.8. The average Bonchev–Trinajstić information content (AvgIpc) is 1.62. The molecule has 8 aliphatic rings. The molecule has 31 heteroatoms. The Bertz CT molecular complexity index is 6340. The lowest BCUT2D eigenvalue weighted by Gasteiger charge is -2.36. The van der Waals surface area contributed by atoms with Crippen LogP contribution in [0.15, 0.2) is 223 Å². The predicted molar refractivity (Wildman–Crippen MR) is 528 cm³/mol. The Hall–Kier alpha value is -14.6. The number of benzene rings is 9. The number of amides is 8. The molecule has 9 aromatic carbocycles. The highest BCUT2D eigenvalue weighted by Crippen LogP contribution is 2.42. The number of anilines is 4. The summed E-state index contributed by atoms with van der Waals surface area (Å²) >= 11 is 1.72. The third kappa shape index (κ3) is 21.0. The first-order valence-corrected chi connectivity index (χ1v) is 47.1. The molecule has 8 amide bonds. The van der Waals surface area contributed by atoms with E-state index in [4.69, 9.17) is 37.9 Å². The molecule has 10 heterocycles. The summed E-state index contributed by atoms with van der Waals surface area (Å²) in [5.41, 5.74) is 15.0. The van der Waals surface area contributed by atoms with Crippen LogP contribution < -0.4 is 57.5 Å². The first-order valence-electron chi connectivity index (χ1n) is 46.1. The van der Waals surface area contributed by atoms with E-state index in [1.807, 2.05) is 115 Å².